The van der Waals surface area contributed by atoms with Gasteiger partial charge in [-0.05, 0) is 78.6 Å². The number of nitrogens with zero attached hydrogens (tertiary/aromatic N) is 2. The van der Waals surface area contributed by atoms with Crippen LogP contribution in [0.4, 0.5) is 0 Å². The quantitative estimate of drug-likeness (QED) is 0.245. The molecule has 0 unspecified atom stereocenters. The first-order valence-electron chi connectivity index (χ1n) is 9.87. The highest BCUT2D eigenvalue weighted by atomic mass is 16.7. The second-order valence-corrected chi connectivity index (χ2v) is 7.22. The van der Waals surface area contributed by atoms with Gasteiger partial charge in [-0.25, -0.2) is 9.78 Å². The van der Waals surface area contributed by atoms with Crippen LogP contribution in [0.3, 0.4) is 0 Å². The Labute approximate surface area is 180 Å². The Hall–Kier alpha value is -3.93. The monoisotopic (exact) mass is 414 g/mol. The van der Waals surface area contributed by atoms with E-state index in [9.17, 15) is 4.79 Å². The van der Waals surface area contributed by atoms with E-state index < -0.39 is 5.97 Å². The number of hydrogen-bond donors (Lipinski definition) is 0. The van der Waals surface area contributed by atoms with Gasteiger partial charge in [0.05, 0.1) is 19.7 Å². The predicted octanol–water partition coefficient (Wildman–Crippen LogP) is 5.24. The number of oxime groups is 1. The lowest BCUT2D eigenvalue weighted by molar-refractivity contribution is -0.142. The molecule has 1 aromatic heterocycles. The number of ether oxygens (including phenoxy) is 1. The van der Waals surface area contributed by atoms with Crippen LogP contribution >= 0.6 is 0 Å². The molecule has 31 heavy (non-hydrogen) atoms. The fourth-order valence-electron chi connectivity index (χ4n) is 3.33. The van der Waals surface area contributed by atoms with Gasteiger partial charge in [-0.3, -0.25) is 0 Å². The number of carbonyl (C=O) groups excluding carboxylic acids is 1. The van der Waals surface area contributed by atoms with Crippen molar-refractivity contribution in [2.24, 2.45) is 5.16 Å². The molecule has 156 valence electrons. The Morgan fingerprint density at radius 3 is 2.52 bits per heavy atom. The topological polar surface area (TPSA) is 73.9 Å². The molecule has 1 heterocycles. The maximum Gasteiger partial charge on any atom is 0.339 e. The third-order valence-corrected chi connectivity index (χ3v) is 5.07. The number of rotatable bonds is 6. The van der Waals surface area contributed by atoms with E-state index in [0.29, 0.717) is 17.0 Å². The maximum atomic E-state index is 12.2. The number of benzene rings is 3. The van der Waals surface area contributed by atoms with E-state index in [2.05, 4.69) is 10.1 Å². The number of aromatic nitrogens is 1. The Balaban J connectivity index is 1.44. The predicted molar refractivity (Wildman–Crippen MR) is 119 cm³/mol. The summed E-state index contributed by atoms with van der Waals surface area (Å²) in [5.41, 5.74) is 6.05. The molecule has 4 rings (SSSR count). The molecule has 0 bridgehead atoms. The van der Waals surface area contributed by atoms with Gasteiger partial charge in [0.2, 0.25) is 5.89 Å². The zero-order valence-electron chi connectivity index (χ0n) is 17.6. The highest BCUT2D eigenvalue weighted by molar-refractivity contribution is 5.87. The van der Waals surface area contributed by atoms with Crippen LogP contribution in [0.2, 0.25) is 0 Å². The van der Waals surface area contributed by atoms with Crippen LogP contribution in [0.5, 0.6) is 5.75 Å². The zero-order valence-corrected chi connectivity index (χ0v) is 17.6. The smallest absolute Gasteiger partial charge is 0.339 e. The first kappa shape index (κ1) is 20.3. The number of methoxy groups -OCH3 is 1. The molecule has 0 spiro atoms. The summed E-state index contributed by atoms with van der Waals surface area (Å²) in [6.45, 7) is 3.96. The average Bonchev–Trinajstić information content (AvgIpc) is 3.20. The van der Waals surface area contributed by atoms with E-state index in [1.165, 1.54) is 6.21 Å². The SMILES string of the molecule is COc1ccc(-c2nc3cc(/C=N/OC(=O)Cc4c(C)cccc4C)ccc3o2)cc1. The maximum absolute atomic E-state index is 12.2. The fraction of sp³-hybridized carbons (Fsp3) is 0.160. The van der Waals surface area contributed by atoms with Crippen molar-refractivity contribution in [3.8, 4) is 17.2 Å². The lowest BCUT2D eigenvalue weighted by Crippen LogP contribution is -2.07. The summed E-state index contributed by atoms with van der Waals surface area (Å²) >= 11 is 0. The van der Waals surface area contributed by atoms with Gasteiger partial charge in [0, 0.05) is 5.56 Å². The number of oxazole rings is 1. The van der Waals surface area contributed by atoms with Crippen molar-refractivity contribution in [3.05, 3.63) is 82.9 Å². The summed E-state index contributed by atoms with van der Waals surface area (Å²) in [7, 11) is 1.62. The molecule has 0 radical (unpaired) electrons. The molecule has 0 N–H and O–H groups in total. The van der Waals surface area contributed by atoms with Gasteiger partial charge in [-0.1, -0.05) is 23.4 Å². The number of carbonyl (C=O) groups is 1. The van der Waals surface area contributed by atoms with Crippen LogP contribution in [0.15, 0.2) is 70.2 Å². The van der Waals surface area contributed by atoms with Gasteiger partial charge in [0.15, 0.2) is 5.58 Å². The lowest BCUT2D eigenvalue weighted by atomic mass is 10.0. The minimum Gasteiger partial charge on any atom is -0.497 e. The van der Waals surface area contributed by atoms with Gasteiger partial charge in [0.25, 0.3) is 0 Å². The van der Waals surface area contributed by atoms with E-state index in [1.54, 1.807) is 7.11 Å². The third-order valence-electron chi connectivity index (χ3n) is 5.07. The van der Waals surface area contributed by atoms with Crippen LogP contribution in [-0.4, -0.2) is 24.3 Å². The summed E-state index contributed by atoms with van der Waals surface area (Å²) in [6, 6.07) is 18.9. The van der Waals surface area contributed by atoms with Crippen molar-refractivity contribution in [1.82, 2.24) is 4.98 Å². The van der Waals surface area contributed by atoms with Crippen molar-refractivity contribution >= 4 is 23.3 Å². The molecule has 0 amide bonds. The Morgan fingerprint density at radius 2 is 1.81 bits per heavy atom. The molecule has 0 aliphatic rings. The van der Waals surface area contributed by atoms with E-state index in [0.717, 1.165) is 33.6 Å². The number of aryl methyl sites for hydroxylation is 2. The molecule has 4 aromatic rings. The fourth-order valence-corrected chi connectivity index (χ4v) is 3.33. The number of hydrogen-bond acceptors (Lipinski definition) is 6. The molecule has 0 aliphatic heterocycles. The van der Waals surface area contributed by atoms with Crippen LogP contribution in [0.1, 0.15) is 22.3 Å². The van der Waals surface area contributed by atoms with Crippen LogP contribution in [-0.2, 0) is 16.1 Å². The minimum absolute atomic E-state index is 0.184. The molecular weight excluding hydrogens is 392 g/mol. The highest BCUT2D eigenvalue weighted by Crippen LogP contribution is 2.26. The van der Waals surface area contributed by atoms with Crippen LogP contribution in [0.25, 0.3) is 22.6 Å². The van der Waals surface area contributed by atoms with Crippen molar-refractivity contribution in [1.29, 1.82) is 0 Å². The van der Waals surface area contributed by atoms with Crippen molar-refractivity contribution in [3.63, 3.8) is 0 Å². The standard InChI is InChI=1S/C25H22N2O4/c1-16-5-4-6-17(2)21(16)14-24(28)31-26-15-18-7-12-23-22(13-18)27-25(30-23)19-8-10-20(29-3)11-9-19/h4-13,15H,14H2,1-3H3/b26-15+. The van der Waals surface area contributed by atoms with Crippen LogP contribution < -0.4 is 4.74 Å². The van der Waals surface area contributed by atoms with E-state index in [4.69, 9.17) is 14.0 Å². The normalized spacial score (nSPS) is 11.2. The van der Waals surface area contributed by atoms with E-state index in [-0.39, 0.29) is 6.42 Å². The van der Waals surface area contributed by atoms with Gasteiger partial charge in [0.1, 0.15) is 11.3 Å². The molecule has 0 atom stereocenters. The van der Waals surface area contributed by atoms with E-state index >= 15 is 0 Å². The minimum atomic E-state index is -0.405. The average molecular weight is 414 g/mol. The highest BCUT2D eigenvalue weighted by Gasteiger charge is 2.11. The van der Waals surface area contributed by atoms with Crippen molar-refractivity contribution < 1.29 is 18.8 Å². The Morgan fingerprint density at radius 1 is 1.06 bits per heavy atom. The molecule has 6 heteroatoms. The number of fused-ring (bicyclic) bond motifs is 1. The summed E-state index contributed by atoms with van der Waals surface area (Å²) in [5.74, 6) is 0.884. The molecule has 0 saturated carbocycles. The Kier molecular flexibility index (Phi) is 5.80. The summed E-state index contributed by atoms with van der Waals surface area (Å²) in [4.78, 5) is 21.7. The van der Waals surface area contributed by atoms with E-state index in [1.807, 2.05) is 74.5 Å². The summed E-state index contributed by atoms with van der Waals surface area (Å²) in [5, 5.41) is 3.84. The molecule has 3 aromatic carbocycles. The zero-order chi connectivity index (χ0) is 21.8. The molecule has 0 saturated heterocycles. The molecule has 6 nitrogen and oxygen atoms in total. The van der Waals surface area contributed by atoms with Gasteiger partial charge < -0.3 is 14.0 Å². The van der Waals surface area contributed by atoms with Crippen molar-refractivity contribution in [2.45, 2.75) is 20.3 Å². The lowest BCUT2D eigenvalue weighted by Gasteiger charge is -2.07. The molecule has 0 aliphatic carbocycles. The summed E-state index contributed by atoms with van der Waals surface area (Å²) < 4.78 is 11.0. The molecule has 0 fully saturated rings. The third kappa shape index (κ3) is 4.64. The second kappa shape index (κ2) is 8.83. The van der Waals surface area contributed by atoms with Crippen LogP contribution in [0, 0.1) is 13.8 Å². The summed E-state index contributed by atoms with van der Waals surface area (Å²) in [6.07, 6.45) is 1.67. The second-order valence-electron chi connectivity index (χ2n) is 7.22. The van der Waals surface area contributed by atoms with Gasteiger partial charge in [-0.2, -0.15) is 0 Å². The van der Waals surface area contributed by atoms with Gasteiger partial charge >= 0.3 is 5.97 Å². The first-order chi connectivity index (χ1) is 15.0. The largest absolute Gasteiger partial charge is 0.497 e. The van der Waals surface area contributed by atoms with Crippen molar-refractivity contribution in [2.75, 3.05) is 7.11 Å². The first-order valence-corrected chi connectivity index (χ1v) is 9.87. The van der Waals surface area contributed by atoms with Gasteiger partial charge in [-0.15, -0.1) is 0 Å². The molecular formula is C25H22N2O4. The Bertz CT molecular complexity index is 1240.